The van der Waals surface area contributed by atoms with Crippen molar-refractivity contribution in [2.75, 3.05) is 0 Å². The lowest BCUT2D eigenvalue weighted by Gasteiger charge is -2.37. The number of benzene rings is 1. The second-order valence-electron chi connectivity index (χ2n) is 8.51. The first kappa shape index (κ1) is 18.5. The number of carbonyl (C=O) groups is 2. The average Bonchev–Trinajstić information content (AvgIpc) is 3.39. The monoisotopic (exact) mass is 437 g/mol. The van der Waals surface area contributed by atoms with Crippen molar-refractivity contribution in [2.45, 2.75) is 6.42 Å². The fraction of sp³-hybridized carbons (Fsp3) is 0.318. The molecule has 0 radical (unpaired) electrons. The van der Waals surface area contributed by atoms with Crippen LogP contribution in [0.2, 0.25) is 5.02 Å². The molecule has 156 valence electrons. The van der Waals surface area contributed by atoms with Crippen LogP contribution in [0.5, 0.6) is 0 Å². The van der Waals surface area contributed by atoms with E-state index >= 15 is 0 Å². The summed E-state index contributed by atoms with van der Waals surface area (Å²) in [5.41, 5.74) is 0.0936. The van der Waals surface area contributed by atoms with Crippen LogP contribution >= 0.6 is 11.6 Å². The molecule has 2 aromatic rings. The van der Waals surface area contributed by atoms with E-state index in [4.69, 9.17) is 16.0 Å². The van der Waals surface area contributed by atoms with Crippen LogP contribution in [-0.4, -0.2) is 28.0 Å². The molecule has 6 atom stereocenters. The highest BCUT2D eigenvalue weighted by Crippen LogP contribution is 2.65. The predicted molar refractivity (Wildman–Crippen MR) is 110 cm³/mol. The van der Waals surface area contributed by atoms with Crippen molar-refractivity contribution in [3.63, 3.8) is 0 Å². The number of hydrogen-bond donors (Lipinski definition) is 0. The van der Waals surface area contributed by atoms with Gasteiger partial charge in [-0.3, -0.25) is 19.7 Å². The van der Waals surface area contributed by atoms with Crippen LogP contribution in [-0.2, 0) is 9.59 Å². The van der Waals surface area contributed by atoms with Gasteiger partial charge in [0.1, 0.15) is 11.5 Å². The van der Waals surface area contributed by atoms with E-state index < -0.39 is 4.92 Å². The van der Waals surface area contributed by atoms with Gasteiger partial charge >= 0.3 is 0 Å². The maximum atomic E-state index is 12.9. The van der Waals surface area contributed by atoms with Crippen molar-refractivity contribution in [1.29, 1.82) is 0 Å². The van der Waals surface area contributed by atoms with E-state index in [0.717, 1.165) is 11.4 Å². The minimum atomic E-state index is -0.534. The molecule has 2 heterocycles. The molecule has 1 aliphatic heterocycles. The van der Waals surface area contributed by atoms with Crippen LogP contribution in [0.1, 0.15) is 12.2 Å². The number of hydrogen-bond acceptors (Lipinski definition) is 6. The lowest BCUT2D eigenvalue weighted by Crippen LogP contribution is -2.40. The molecule has 0 N–H and O–H groups in total. The Kier molecular flexibility index (Phi) is 3.80. The molecule has 2 bridgehead atoms. The number of furan rings is 1. The van der Waals surface area contributed by atoms with Crippen LogP contribution < -0.4 is 0 Å². The first-order valence-electron chi connectivity index (χ1n) is 10.1. The van der Waals surface area contributed by atoms with Gasteiger partial charge in [-0.15, -0.1) is 0 Å². The molecule has 1 aromatic carbocycles. The highest BCUT2D eigenvalue weighted by atomic mass is 35.5. The molecular weight excluding hydrogens is 422 g/mol. The van der Waals surface area contributed by atoms with E-state index in [0.29, 0.717) is 11.8 Å². The summed E-state index contributed by atoms with van der Waals surface area (Å²) in [6.45, 7) is 0. The lowest BCUT2D eigenvalue weighted by molar-refractivity contribution is -0.384. The number of halogens is 1. The Morgan fingerprint density at radius 3 is 2.42 bits per heavy atom. The van der Waals surface area contributed by atoms with Crippen molar-refractivity contribution >= 4 is 35.3 Å². The number of nitrogens with zero attached hydrogens (tertiary/aromatic N) is 3. The summed E-state index contributed by atoms with van der Waals surface area (Å²) >= 11 is 5.86. The van der Waals surface area contributed by atoms with Crippen molar-refractivity contribution in [3.8, 4) is 11.3 Å². The van der Waals surface area contributed by atoms with Crippen LogP contribution in [0.3, 0.4) is 0 Å². The quantitative estimate of drug-likeness (QED) is 0.237. The first-order chi connectivity index (χ1) is 14.9. The Bertz CT molecular complexity index is 1180. The number of rotatable bonds is 4. The highest BCUT2D eigenvalue weighted by molar-refractivity contribution is 6.30. The van der Waals surface area contributed by atoms with Gasteiger partial charge in [0.05, 0.1) is 28.5 Å². The number of hydrazone groups is 1. The lowest BCUT2D eigenvalue weighted by atomic mass is 9.63. The largest absolute Gasteiger partial charge is 0.455 e. The van der Waals surface area contributed by atoms with Crippen LogP contribution in [0, 0.1) is 45.6 Å². The molecule has 1 aromatic heterocycles. The number of nitro groups is 1. The summed E-state index contributed by atoms with van der Waals surface area (Å²) in [4.78, 5) is 36.7. The van der Waals surface area contributed by atoms with Gasteiger partial charge in [-0.25, -0.2) is 0 Å². The number of nitro benzene ring substituents is 1. The summed E-state index contributed by atoms with van der Waals surface area (Å²) in [7, 11) is 0. The summed E-state index contributed by atoms with van der Waals surface area (Å²) in [6, 6.07) is 7.45. The van der Waals surface area contributed by atoms with Gasteiger partial charge < -0.3 is 4.42 Å². The van der Waals surface area contributed by atoms with Crippen molar-refractivity contribution < 1.29 is 18.9 Å². The van der Waals surface area contributed by atoms with Gasteiger partial charge in [0, 0.05) is 11.1 Å². The van der Waals surface area contributed by atoms with Crippen LogP contribution in [0.15, 0.2) is 52.0 Å². The van der Waals surface area contributed by atoms with E-state index in [9.17, 15) is 19.7 Å². The fourth-order valence-corrected chi connectivity index (χ4v) is 5.77. The number of amides is 2. The SMILES string of the molecule is O=C1[C@@H]2[C@@H]3C=C[C@@H]([C@@H]4C[C@H]34)[C@@H]2C(=O)N1/N=C\c1ccc(-c2ccc(Cl)cc2[N+](=O)[O-])o1. The van der Waals surface area contributed by atoms with Crippen LogP contribution in [0.4, 0.5) is 5.69 Å². The Morgan fingerprint density at radius 2 is 1.77 bits per heavy atom. The number of carbonyl (C=O) groups excluding carboxylic acids is 2. The third kappa shape index (κ3) is 2.64. The summed E-state index contributed by atoms with van der Waals surface area (Å²) in [6.07, 6.45) is 6.62. The van der Waals surface area contributed by atoms with Crippen molar-refractivity contribution in [1.82, 2.24) is 5.01 Å². The van der Waals surface area contributed by atoms with Crippen LogP contribution in [0.25, 0.3) is 11.3 Å². The van der Waals surface area contributed by atoms with Gasteiger partial charge in [0.15, 0.2) is 0 Å². The highest BCUT2D eigenvalue weighted by Gasteiger charge is 2.67. The molecule has 4 aliphatic carbocycles. The maximum Gasteiger partial charge on any atom is 0.281 e. The van der Waals surface area contributed by atoms with E-state index in [1.54, 1.807) is 12.1 Å². The zero-order valence-electron chi connectivity index (χ0n) is 16.1. The molecule has 2 saturated carbocycles. The Balaban J connectivity index is 1.26. The smallest absolute Gasteiger partial charge is 0.281 e. The molecule has 0 unspecified atom stereocenters. The Hall–Kier alpha value is -3.26. The number of allylic oxidation sites excluding steroid dienone is 2. The fourth-order valence-electron chi connectivity index (χ4n) is 5.60. The molecule has 2 amide bonds. The van der Waals surface area contributed by atoms with Crippen molar-refractivity contribution in [3.05, 3.63) is 63.4 Å². The molecule has 5 aliphatic rings. The molecular formula is C22H16ClN3O5. The topological polar surface area (TPSA) is 106 Å². The molecule has 3 fully saturated rings. The van der Waals surface area contributed by atoms with E-state index in [1.807, 2.05) is 0 Å². The third-order valence-corrected chi connectivity index (χ3v) is 7.22. The molecule has 7 rings (SSSR count). The second kappa shape index (κ2) is 6.37. The summed E-state index contributed by atoms with van der Waals surface area (Å²) in [5.74, 6) is 0.736. The van der Waals surface area contributed by atoms with E-state index in [2.05, 4.69) is 17.3 Å². The normalized spacial score (nSPS) is 32.6. The molecule has 8 nitrogen and oxygen atoms in total. The minimum Gasteiger partial charge on any atom is -0.455 e. The Labute approximate surface area is 181 Å². The maximum absolute atomic E-state index is 12.9. The number of imide groups is 1. The second-order valence-corrected chi connectivity index (χ2v) is 8.94. The molecule has 0 spiro atoms. The van der Waals surface area contributed by atoms with Crippen molar-refractivity contribution in [2.24, 2.45) is 40.6 Å². The van der Waals surface area contributed by atoms with Gasteiger partial charge in [0.2, 0.25) is 0 Å². The third-order valence-electron chi connectivity index (χ3n) is 6.99. The summed E-state index contributed by atoms with van der Waals surface area (Å²) < 4.78 is 5.67. The molecule has 1 saturated heterocycles. The zero-order valence-corrected chi connectivity index (χ0v) is 16.8. The van der Waals surface area contributed by atoms with Gasteiger partial charge in [-0.1, -0.05) is 23.8 Å². The van der Waals surface area contributed by atoms with E-state index in [1.165, 1.54) is 24.4 Å². The Morgan fingerprint density at radius 1 is 1.10 bits per heavy atom. The van der Waals surface area contributed by atoms with Gasteiger partial charge in [-0.05, 0) is 54.4 Å². The zero-order chi connectivity index (χ0) is 21.4. The van der Waals surface area contributed by atoms with Gasteiger partial charge in [0.25, 0.3) is 17.5 Å². The van der Waals surface area contributed by atoms with Gasteiger partial charge in [-0.2, -0.15) is 10.1 Å². The summed E-state index contributed by atoms with van der Waals surface area (Å²) in [5, 5.41) is 16.7. The predicted octanol–water partition coefficient (Wildman–Crippen LogP) is 3.90. The average molecular weight is 438 g/mol. The molecule has 9 heteroatoms. The minimum absolute atomic E-state index is 0.136. The standard InChI is InChI=1S/C22H16ClN3O5/c23-10-1-3-14(17(7-10)26(29)30)18-6-2-11(31-18)9-24-25-21(27)19-12-4-5-13(16-8-15(12)16)20(19)22(25)28/h1-7,9,12-13,15-16,19-20H,8H2/b24-9-/t12-,13+,15-,16+,19-,20+. The molecule has 31 heavy (non-hydrogen) atoms. The first-order valence-corrected chi connectivity index (χ1v) is 10.5. The van der Waals surface area contributed by atoms with E-state index in [-0.39, 0.29) is 63.3 Å².